The summed E-state index contributed by atoms with van der Waals surface area (Å²) in [5.74, 6) is 0.222. The number of hydrogen-bond acceptors (Lipinski definition) is 2. The van der Waals surface area contributed by atoms with Gasteiger partial charge in [0.15, 0.2) is 0 Å². The lowest BCUT2D eigenvalue weighted by atomic mass is 10.0. The van der Waals surface area contributed by atoms with Crippen molar-refractivity contribution in [2.24, 2.45) is 5.92 Å². The van der Waals surface area contributed by atoms with Crippen LogP contribution in [0.1, 0.15) is 68.8 Å². The zero-order valence-electron chi connectivity index (χ0n) is 13.2. The maximum Gasteiger partial charge on any atom is 0.338 e. The first-order valence-corrected chi connectivity index (χ1v) is 7.93. The molecule has 0 bridgehead atoms. The Balaban J connectivity index is 2.39. The van der Waals surface area contributed by atoms with Crippen molar-refractivity contribution in [2.45, 2.75) is 59.3 Å². The van der Waals surface area contributed by atoms with E-state index in [1.54, 1.807) is 0 Å². The Morgan fingerprint density at radius 1 is 1.10 bits per heavy atom. The first kappa shape index (κ1) is 16.7. The summed E-state index contributed by atoms with van der Waals surface area (Å²) in [4.78, 5) is 11.9. The van der Waals surface area contributed by atoms with Gasteiger partial charge in [-0.1, -0.05) is 58.6 Å². The molecule has 0 aromatic heterocycles. The Morgan fingerprint density at radius 3 is 2.40 bits per heavy atom. The molecule has 0 aliphatic heterocycles. The van der Waals surface area contributed by atoms with Crippen molar-refractivity contribution < 1.29 is 9.53 Å². The maximum atomic E-state index is 11.9. The van der Waals surface area contributed by atoms with E-state index in [-0.39, 0.29) is 5.97 Å². The van der Waals surface area contributed by atoms with Crippen LogP contribution >= 0.6 is 0 Å². The third-order valence-electron chi connectivity index (χ3n) is 3.70. The summed E-state index contributed by atoms with van der Waals surface area (Å²) in [6.45, 7) is 6.92. The topological polar surface area (TPSA) is 26.3 Å². The zero-order valence-corrected chi connectivity index (χ0v) is 13.2. The predicted octanol–water partition coefficient (Wildman–Crippen LogP) is 5.01. The molecule has 0 radical (unpaired) electrons. The van der Waals surface area contributed by atoms with Crippen LogP contribution in [-0.2, 0) is 11.2 Å². The minimum Gasteiger partial charge on any atom is -0.462 e. The average molecular weight is 276 g/mol. The Labute approximate surface area is 123 Å². The van der Waals surface area contributed by atoms with Crippen LogP contribution in [0.2, 0.25) is 0 Å². The van der Waals surface area contributed by atoms with Crippen LogP contribution in [0.5, 0.6) is 0 Å². The van der Waals surface area contributed by atoms with Crippen LogP contribution in [-0.4, -0.2) is 12.6 Å². The van der Waals surface area contributed by atoms with Gasteiger partial charge in [-0.25, -0.2) is 4.79 Å². The lowest BCUT2D eigenvalue weighted by Crippen LogP contribution is -2.11. The number of unbranched alkanes of at least 4 members (excludes halogenated alkanes) is 3. The molecule has 20 heavy (non-hydrogen) atoms. The number of ether oxygens (including phenoxy) is 1. The Bertz CT molecular complexity index is 381. The second-order valence-electron chi connectivity index (χ2n) is 5.62. The van der Waals surface area contributed by atoms with E-state index in [0.717, 1.165) is 12.8 Å². The number of benzene rings is 1. The van der Waals surface area contributed by atoms with Crippen molar-refractivity contribution in [2.75, 3.05) is 6.61 Å². The van der Waals surface area contributed by atoms with E-state index < -0.39 is 0 Å². The number of aryl methyl sites for hydroxylation is 1. The van der Waals surface area contributed by atoms with Crippen LogP contribution < -0.4 is 0 Å². The summed E-state index contributed by atoms with van der Waals surface area (Å²) < 4.78 is 5.29. The molecule has 0 heterocycles. The molecule has 0 saturated carbocycles. The fraction of sp³-hybridized carbons (Fsp3) is 0.611. The standard InChI is InChI=1S/C18H28O2/c1-4-6-7-8-9-16-10-12-17(13-11-16)18(19)20-14-15(3)5-2/h10-13,15H,4-9,14H2,1-3H3. The number of rotatable bonds is 9. The predicted molar refractivity (Wildman–Crippen MR) is 84.0 cm³/mol. The number of esters is 1. The largest absolute Gasteiger partial charge is 0.462 e. The van der Waals surface area contributed by atoms with E-state index in [1.807, 2.05) is 24.3 Å². The molecule has 1 aromatic rings. The normalized spacial score (nSPS) is 12.2. The highest BCUT2D eigenvalue weighted by molar-refractivity contribution is 5.89. The smallest absolute Gasteiger partial charge is 0.338 e. The van der Waals surface area contributed by atoms with Gasteiger partial charge in [0.1, 0.15) is 0 Å². The fourth-order valence-corrected chi connectivity index (χ4v) is 1.98. The summed E-state index contributed by atoms with van der Waals surface area (Å²) in [6, 6.07) is 7.86. The SMILES string of the molecule is CCCCCCc1ccc(C(=O)OCC(C)CC)cc1. The Morgan fingerprint density at radius 2 is 1.80 bits per heavy atom. The Kier molecular flexibility index (Phi) is 8.01. The van der Waals surface area contributed by atoms with Crippen LogP contribution in [0.25, 0.3) is 0 Å². The van der Waals surface area contributed by atoms with Gasteiger partial charge in [-0.15, -0.1) is 0 Å². The molecule has 1 atom stereocenters. The van der Waals surface area contributed by atoms with E-state index in [2.05, 4.69) is 20.8 Å². The quantitative estimate of drug-likeness (QED) is 0.468. The highest BCUT2D eigenvalue weighted by Gasteiger charge is 2.08. The van der Waals surface area contributed by atoms with E-state index in [1.165, 1.54) is 31.2 Å². The molecular weight excluding hydrogens is 248 g/mol. The van der Waals surface area contributed by atoms with Gasteiger partial charge in [0, 0.05) is 0 Å². The van der Waals surface area contributed by atoms with E-state index in [0.29, 0.717) is 18.1 Å². The van der Waals surface area contributed by atoms with Crippen LogP contribution in [0, 0.1) is 5.92 Å². The van der Waals surface area contributed by atoms with Gasteiger partial charge in [-0.3, -0.25) is 0 Å². The fourth-order valence-electron chi connectivity index (χ4n) is 1.98. The second-order valence-corrected chi connectivity index (χ2v) is 5.62. The van der Waals surface area contributed by atoms with Crippen LogP contribution in [0.4, 0.5) is 0 Å². The lowest BCUT2D eigenvalue weighted by molar-refractivity contribution is 0.0447. The number of carbonyl (C=O) groups is 1. The van der Waals surface area contributed by atoms with Crippen molar-refractivity contribution in [3.05, 3.63) is 35.4 Å². The molecule has 1 unspecified atom stereocenters. The third kappa shape index (κ3) is 6.23. The minimum atomic E-state index is -0.206. The van der Waals surface area contributed by atoms with Crippen molar-refractivity contribution >= 4 is 5.97 Å². The van der Waals surface area contributed by atoms with E-state index >= 15 is 0 Å². The average Bonchev–Trinajstić information content (AvgIpc) is 2.49. The van der Waals surface area contributed by atoms with Gasteiger partial charge >= 0.3 is 5.97 Å². The molecule has 0 aliphatic carbocycles. The third-order valence-corrected chi connectivity index (χ3v) is 3.70. The highest BCUT2D eigenvalue weighted by atomic mass is 16.5. The monoisotopic (exact) mass is 276 g/mol. The van der Waals surface area contributed by atoms with Gasteiger partial charge in [-0.05, 0) is 36.5 Å². The summed E-state index contributed by atoms with van der Waals surface area (Å²) in [6.07, 6.45) is 7.22. The molecule has 0 fully saturated rings. The molecular formula is C18H28O2. The first-order chi connectivity index (χ1) is 9.67. The number of carbonyl (C=O) groups excluding carboxylic acids is 1. The van der Waals surface area contributed by atoms with Crippen molar-refractivity contribution in [1.29, 1.82) is 0 Å². The molecule has 0 saturated heterocycles. The van der Waals surface area contributed by atoms with Gasteiger partial charge in [0.05, 0.1) is 12.2 Å². The molecule has 2 nitrogen and oxygen atoms in total. The number of hydrogen-bond donors (Lipinski definition) is 0. The van der Waals surface area contributed by atoms with Crippen molar-refractivity contribution in [3.8, 4) is 0 Å². The summed E-state index contributed by atoms with van der Waals surface area (Å²) in [5.41, 5.74) is 1.96. The molecule has 2 heteroatoms. The first-order valence-electron chi connectivity index (χ1n) is 7.93. The molecule has 0 amide bonds. The van der Waals surface area contributed by atoms with Crippen molar-refractivity contribution in [3.63, 3.8) is 0 Å². The van der Waals surface area contributed by atoms with Crippen LogP contribution in [0.15, 0.2) is 24.3 Å². The van der Waals surface area contributed by atoms with Gasteiger partial charge in [-0.2, -0.15) is 0 Å². The van der Waals surface area contributed by atoms with E-state index in [9.17, 15) is 4.79 Å². The van der Waals surface area contributed by atoms with Crippen LogP contribution in [0.3, 0.4) is 0 Å². The van der Waals surface area contributed by atoms with Gasteiger partial charge in [0.2, 0.25) is 0 Å². The van der Waals surface area contributed by atoms with E-state index in [4.69, 9.17) is 4.74 Å². The molecule has 0 N–H and O–H groups in total. The lowest BCUT2D eigenvalue weighted by Gasteiger charge is -2.10. The summed E-state index contributed by atoms with van der Waals surface area (Å²) in [7, 11) is 0. The second kappa shape index (κ2) is 9.57. The minimum absolute atomic E-state index is 0.206. The van der Waals surface area contributed by atoms with Gasteiger partial charge < -0.3 is 4.74 Å². The highest BCUT2D eigenvalue weighted by Crippen LogP contribution is 2.11. The summed E-state index contributed by atoms with van der Waals surface area (Å²) in [5, 5.41) is 0. The Hall–Kier alpha value is -1.31. The zero-order chi connectivity index (χ0) is 14.8. The molecule has 1 aromatic carbocycles. The van der Waals surface area contributed by atoms with Crippen molar-refractivity contribution in [1.82, 2.24) is 0 Å². The molecule has 0 spiro atoms. The molecule has 112 valence electrons. The summed E-state index contributed by atoms with van der Waals surface area (Å²) >= 11 is 0. The van der Waals surface area contributed by atoms with Gasteiger partial charge in [0.25, 0.3) is 0 Å². The molecule has 1 rings (SSSR count). The maximum absolute atomic E-state index is 11.9. The molecule has 0 aliphatic rings.